The van der Waals surface area contributed by atoms with Crippen molar-refractivity contribution in [1.29, 1.82) is 0 Å². The maximum atomic E-state index is 11.9. The zero-order chi connectivity index (χ0) is 12.3. The average Bonchev–Trinajstić information content (AvgIpc) is 2.81. The number of aromatic hydroxyl groups is 1. The van der Waals surface area contributed by atoms with Crippen LogP contribution in [0, 0.1) is 0 Å². The van der Waals surface area contributed by atoms with E-state index in [0.29, 0.717) is 5.82 Å². The summed E-state index contributed by atoms with van der Waals surface area (Å²) in [6.45, 7) is 0.273. The van der Waals surface area contributed by atoms with E-state index in [2.05, 4.69) is 20.2 Å². The van der Waals surface area contributed by atoms with Gasteiger partial charge in [-0.25, -0.2) is 9.97 Å². The molecule has 0 aliphatic carbocycles. The summed E-state index contributed by atoms with van der Waals surface area (Å²) in [6, 6.07) is 2.98. The van der Waals surface area contributed by atoms with Gasteiger partial charge in [0.1, 0.15) is 17.9 Å². The number of rotatable bonds is 3. The first-order chi connectivity index (χ1) is 8.18. The maximum absolute atomic E-state index is 11.9. The molecule has 0 bridgehead atoms. The highest BCUT2D eigenvalue weighted by atomic mass is 16.3. The topological polar surface area (TPSA) is 95.0 Å². The van der Waals surface area contributed by atoms with E-state index in [1.54, 1.807) is 13.1 Å². The van der Waals surface area contributed by atoms with Crippen molar-refractivity contribution in [3.8, 4) is 5.75 Å². The van der Waals surface area contributed by atoms with Crippen molar-refractivity contribution in [2.45, 2.75) is 6.54 Å². The van der Waals surface area contributed by atoms with Gasteiger partial charge in [-0.1, -0.05) is 0 Å². The SMILES string of the molecule is CN(Cc1ncn[nH]1)C(=O)c1ncccc1O. The molecular formula is C10H11N5O2. The van der Waals surface area contributed by atoms with Crippen molar-refractivity contribution in [3.63, 3.8) is 0 Å². The third-order valence-electron chi connectivity index (χ3n) is 2.19. The molecule has 2 N–H and O–H groups in total. The first-order valence-corrected chi connectivity index (χ1v) is 4.92. The Labute approximate surface area is 97.1 Å². The largest absolute Gasteiger partial charge is 0.505 e. The molecule has 0 saturated heterocycles. The average molecular weight is 233 g/mol. The van der Waals surface area contributed by atoms with Crippen LogP contribution in [-0.4, -0.2) is 43.1 Å². The third-order valence-corrected chi connectivity index (χ3v) is 2.19. The lowest BCUT2D eigenvalue weighted by atomic mass is 10.3. The fourth-order valence-corrected chi connectivity index (χ4v) is 1.35. The molecule has 2 rings (SSSR count). The molecule has 0 atom stereocenters. The zero-order valence-electron chi connectivity index (χ0n) is 9.16. The second-order valence-corrected chi connectivity index (χ2v) is 3.46. The van der Waals surface area contributed by atoms with Crippen molar-refractivity contribution in [3.05, 3.63) is 36.2 Å². The van der Waals surface area contributed by atoms with E-state index in [1.165, 1.54) is 23.5 Å². The predicted molar refractivity (Wildman–Crippen MR) is 58.1 cm³/mol. The summed E-state index contributed by atoms with van der Waals surface area (Å²) in [5.41, 5.74) is 0.0227. The summed E-state index contributed by atoms with van der Waals surface area (Å²) in [4.78, 5) is 21.1. The number of hydrogen-bond donors (Lipinski definition) is 2. The Morgan fingerprint density at radius 3 is 3.00 bits per heavy atom. The van der Waals surface area contributed by atoms with Gasteiger partial charge in [0.15, 0.2) is 5.69 Å². The van der Waals surface area contributed by atoms with E-state index in [9.17, 15) is 9.90 Å². The summed E-state index contributed by atoms with van der Waals surface area (Å²) >= 11 is 0. The Morgan fingerprint density at radius 2 is 2.35 bits per heavy atom. The molecule has 88 valence electrons. The number of aromatic nitrogens is 4. The van der Waals surface area contributed by atoms with Crippen LogP contribution in [-0.2, 0) is 6.54 Å². The predicted octanol–water partition coefficient (Wildman–Crippen LogP) is 0.177. The van der Waals surface area contributed by atoms with Crippen LogP contribution in [0.2, 0.25) is 0 Å². The van der Waals surface area contributed by atoms with E-state index in [0.717, 1.165) is 0 Å². The molecule has 7 heteroatoms. The van der Waals surface area contributed by atoms with E-state index < -0.39 is 0 Å². The molecule has 1 amide bonds. The number of aromatic amines is 1. The highest BCUT2D eigenvalue weighted by Gasteiger charge is 2.17. The monoisotopic (exact) mass is 233 g/mol. The van der Waals surface area contributed by atoms with Gasteiger partial charge in [-0.2, -0.15) is 5.10 Å². The normalized spacial score (nSPS) is 10.2. The lowest BCUT2D eigenvalue weighted by molar-refractivity contribution is 0.0772. The van der Waals surface area contributed by atoms with Crippen LogP contribution in [0.15, 0.2) is 24.7 Å². The second-order valence-electron chi connectivity index (χ2n) is 3.46. The number of nitrogens with zero attached hydrogens (tertiary/aromatic N) is 4. The van der Waals surface area contributed by atoms with Crippen molar-refractivity contribution in [1.82, 2.24) is 25.1 Å². The maximum Gasteiger partial charge on any atom is 0.276 e. The van der Waals surface area contributed by atoms with Gasteiger partial charge in [-0.05, 0) is 12.1 Å². The number of pyridine rings is 1. The van der Waals surface area contributed by atoms with Gasteiger partial charge in [0.2, 0.25) is 0 Å². The van der Waals surface area contributed by atoms with Crippen molar-refractivity contribution >= 4 is 5.91 Å². The highest BCUT2D eigenvalue weighted by molar-refractivity contribution is 5.94. The number of amides is 1. The first-order valence-electron chi connectivity index (χ1n) is 4.92. The van der Waals surface area contributed by atoms with Crippen LogP contribution in [0.5, 0.6) is 5.75 Å². The smallest absolute Gasteiger partial charge is 0.276 e. The molecule has 0 spiro atoms. The van der Waals surface area contributed by atoms with Gasteiger partial charge in [-0.15, -0.1) is 0 Å². The van der Waals surface area contributed by atoms with Crippen molar-refractivity contribution in [2.75, 3.05) is 7.05 Å². The Morgan fingerprint density at radius 1 is 1.53 bits per heavy atom. The van der Waals surface area contributed by atoms with E-state index in [-0.39, 0.29) is 23.9 Å². The molecule has 0 saturated carbocycles. The number of carbonyl (C=O) groups excluding carboxylic acids is 1. The fraction of sp³-hybridized carbons (Fsp3) is 0.200. The minimum Gasteiger partial charge on any atom is -0.505 e. The molecule has 0 fully saturated rings. The van der Waals surface area contributed by atoms with Gasteiger partial charge in [0.05, 0.1) is 6.54 Å². The van der Waals surface area contributed by atoms with Crippen LogP contribution in [0.25, 0.3) is 0 Å². The third kappa shape index (κ3) is 2.39. The number of H-pyrrole nitrogens is 1. The summed E-state index contributed by atoms with van der Waals surface area (Å²) in [5, 5.41) is 15.8. The summed E-state index contributed by atoms with van der Waals surface area (Å²) in [7, 11) is 1.60. The summed E-state index contributed by atoms with van der Waals surface area (Å²) < 4.78 is 0. The van der Waals surface area contributed by atoms with E-state index >= 15 is 0 Å². The lowest BCUT2D eigenvalue weighted by Crippen LogP contribution is -2.27. The van der Waals surface area contributed by atoms with Crippen LogP contribution in [0.1, 0.15) is 16.3 Å². The number of nitrogens with one attached hydrogen (secondary N) is 1. The summed E-state index contributed by atoms with van der Waals surface area (Å²) in [5.74, 6) is 0.0534. The Bertz CT molecular complexity index is 511. The van der Waals surface area contributed by atoms with Crippen molar-refractivity contribution < 1.29 is 9.90 Å². The fourth-order valence-electron chi connectivity index (χ4n) is 1.35. The van der Waals surface area contributed by atoms with E-state index in [1.807, 2.05) is 0 Å². The first kappa shape index (κ1) is 11.1. The van der Waals surface area contributed by atoms with Crippen LogP contribution < -0.4 is 0 Å². The Hall–Kier alpha value is -2.44. The van der Waals surface area contributed by atoms with Gasteiger partial charge >= 0.3 is 0 Å². The van der Waals surface area contributed by atoms with Gasteiger partial charge in [-0.3, -0.25) is 9.89 Å². The molecular weight excluding hydrogens is 222 g/mol. The minimum atomic E-state index is -0.375. The molecule has 0 aliphatic rings. The quantitative estimate of drug-likeness (QED) is 0.788. The highest BCUT2D eigenvalue weighted by Crippen LogP contribution is 2.14. The summed E-state index contributed by atoms with van der Waals surface area (Å²) in [6.07, 6.45) is 2.82. The molecule has 2 aromatic rings. The molecule has 0 aromatic carbocycles. The Balaban J connectivity index is 2.13. The molecule has 0 aliphatic heterocycles. The molecule has 7 nitrogen and oxygen atoms in total. The standard InChI is InChI=1S/C10H11N5O2/c1-15(5-8-12-6-13-14-8)10(17)9-7(16)3-2-4-11-9/h2-4,6,16H,5H2,1H3,(H,12,13,14). The molecule has 17 heavy (non-hydrogen) atoms. The number of hydrogen-bond acceptors (Lipinski definition) is 5. The molecule has 2 heterocycles. The number of carbonyl (C=O) groups is 1. The van der Waals surface area contributed by atoms with E-state index in [4.69, 9.17) is 0 Å². The zero-order valence-corrected chi connectivity index (χ0v) is 9.16. The second kappa shape index (κ2) is 4.60. The van der Waals surface area contributed by atoms with Gasteiger partial charge in [0, 0.05) is 13.2 Å². The molecule has 0 radical (unpaired) electrons. The van der Waals surface area contributed by atoms with Crippen LogP contribution >= 0.6 is 0 Å². The minimum absolute atomic E-state index is 0.0227. The lowest BCUT2D eigenvalue weighted by Gasteiger charge is -2.15. The van der Waals surface area contributed by atoms with Crippen molar-refractivity contribution in [2.24, 2.45) is 0 Å². The van der Waals surface area contributed by atoms with Gasteiger partial charge in [0.25, 0.3) is 5.91 Å². The van der Waals surface area contributed by atoms with Crippen LogP contribution in [0.4, 0.5) is 0 Å². The molecule has 2 aromatic heterocycles. The Kier molecular flexibility index (Phi) is 2.99. The molecule has 0 unspecified atom stereocenters. The van der Waals surface area contributed by atoms with Gasteiger partial charge < -0.3 is 10.0 Å². The van der Waals surface area contributed by atoms with Crippen LogP contribution in [0.3, 0.4) is 0 Å².